The van der Waals surface area contributed by atoms with Crippen LogP contribution >= 0.6 is 27.3 Å². The maximum Gasteiger partial charge on any atom is 0.418 e. The summed E-state index contributed by atoms with van der Waals surface area (Å²) in [5.41, 5.74) is 6.35. The van der Waals surface area contributed by atoms with Gasteiger partial charge in [-0.1, -0.05) is 0 Å². The van der Waals surface area contributed by atoms with E-state index in [1.165, 1.54) is 22.3 Å². The maximum absolute atomic E-state index is 13.9. The number of nitrogen functional groups attached to an aromatic ring is 1. The Hall–Kier alpha value is -4.05. The zero-order chi connectivity index (χ0) is 33.3. The summed E-state index contributed by atoms with van der Waals surface area (Å²) in [6.45, 7) is 2.79. The van der Waals surface area contributed by atoms with Crippen LogP contribution in [0.3, 0.4) is 0 Å². The number of anilines is 3. The lowest BCUT2D eigenvalue weighted by atomic mass is 10.0. The molecule has 3 aromatic rings. The summed E-state index contributed by atoms with van der Waals surface area (Å²) < 4.78 is 47.1. The number of thiophene rings is 1. The molecular weight excluding hydrogens is 703 g/mol. The zero-order valence-corrected chi connectivity index (χ0v) is 27.6. The monoisotopic (exact) mass is 735 g/mol. The van der Waals surface area contributed by atoms with E-state index in [9.17, 15) is 27.6 Å². The van der Waals surface area contributed by atoms with Crippen molar-refractivity contribution in [3.05, 3.63) is 69.3 Å². The molecule has 5 heterocycles. The molecular formula is C31H33BrF3N7O4S. The van der Waals surface area contributed by atoms with Gasteiger partial charge < -0.3 is 30.1 Å². The maximum atomic E-state index is 13.9. The minimum atomic E-state index is -4.72. The predicted molar refractivity (Wildman–Crippen MR) is 174 cm³/mol. The number of carbonyl (C=O) groups excluding carboxylic acids is 3. The second-order valence-electron chi connectivity index (χ2n) is 11.7. The molecule has 3 aliphatic heterocycles. The molecule has 3 aliphatic rings. The van der Waals surface area contributed by atoms with Gasteiger partial charge in [-0.25, -0.2) is 9.59 Å². The smallest absolute Gasteiger partial charge is 0.418 e. The number of amides is 4. The molecule has 1 atom stereocenters. The van der Waals surface area contributed by atoms with Crippen molar-refractivity contribution in [3.63, 3.8) is 0 Å². The van der Waals surface area contributed by atoms with Gasteiger partial charge in [-0.15, -0.1) is 11.3 Å². The largest absolute Gasteiger partial charge is 0.436 e. The van der Waals surface area contributed by atoms with Gasteiger partial charge in [-0.05, 0) is 70.0 Å². The number of aromatic nitrogens is 1. The summed E-state index contributed by atoms with van der Waals surface area (Å²) >= 11 is 4.58. The van der Waals surface area contributed by atoms with E-state index in [-0.39, 0.29) is 28.5 Å². The average molecular weight is 737 g/mol. The van der Waals surface area contributed by atoms with Gasteiger partial charge in [-0.3, -0.25) is 15.1 Å². The van der Waals surface area contributed by atoms with Crippen LogP contribution in [0.2, 0.25) is 0 Å². The van der Waals surface area contributed by atoms with E-state index < -0.39 is 35.5 Å². The molecule has 0 saturated carbocycles. The number of likely N-dealkylation sites (tertiary alicyclic amines) is 1. The Morgan fingerprint density at radius 2 is 1.77 bits per heavy atom. The number of nitrogens with one attached hydrogen (secondary N) is 1. The third kappa shape index (κ3) is 7.27. The first-order valence-electron chi connectivity index (χ1n) is 15.2. The Balaban J connectivity index is 1.15. The van der Waals surface area contributed by atoms with Crippen LogP contribution in [0.25, 0.3) is 0 Å². The SMILES string of the molecule is Nc1c(Br)cc(C[C@@H](OC(=O)N2CCC(N3Cc4ccsc4NC3=O)CC2)C(=O)N2CCN(c3ccncc3)CC2)cc1C(F)(F)F. The van der Waals surface area contributed by atoms with E-state index in [0.29, 0.717) is 58.7 Å². The van der Waals surface area contributed by atoms with Crippen molar-refractivity contribution in [1.82, 2.24) is 19.7 Å². The van der Waals surface area contributed by atoms with Crippen molar-refractivity contribution in [2.75, 3.05) is 55.2 Å². The molecule has 0 bridgehead atoms. The molecule has 1 aromatic carbocycles. The Kier molecular flexibility index (Phi) is 9.50. The summed E-state index contributed by atoms with van der Waals surface area (Å²) in [7, 11) is 0. The lowest BCUT2D eigenvalue weighted by Gasteiger charge is -2.40. The average Bonchev–Trinajstić information content (AvgIpc) is 3.52. The number of nitrogens with two attached hydrogens (primary N) is 1. The minimum Gasteiger partial charge on any atom is -0.436 e. The molecule has 4 amide bonds. The van der Waals surface area contributed by atoms with Gasteiger partial charge in [0.2, 0.25) is 0 Å². The second-order valence-corrected chi connectivity index (χ2v) is 13.5. The Bertz CT molecular complexity index is 1630. The summed E-state index contributed by atoms with van der Waals surface area (Å²) in [6.07, 6.45) is -2.69. The van der Waals surface area contributed by atoms with E-state index >= 15 is 0 Å². The molecule has 0 unspecified atom stereocenters. The lowest BCUT2D eigenvalue weighted by molar-refractivity contribution is -0.141. The van der Waals surface area contributed by atoms with E-state index in [4.69, 9.17) is 10.5 Å². The molecule has 2 fully saturated rings. The van der Waals surface area contributed by atoms with Gasteiger partial charge in [0.15, 0.2) is 6.10 Å². The van der Waals surface area contributed by atoms with Gasteiger partial charge in [0.25, 0.3) is 5.91 Å². The van der Waals surface area contributed by atoms with Crippen molar-refractivity contribution < 1.29 is 32.3 Å². The first kappa shape index (κ1) is 32.9. The molecule has 3 N–H and O–H groups in total. The normalized spacial score (nSPS) is 18.1. The predicted octanol–water partition coefficient (Wildman–Crippen LogP) is 5.42. The number of nitrogens with zero attached hydrogens (tertiary/aromatic N) is 5. The third-order valence-electron chi connectivity index (χ3n) is 8.79. The Labute approximate surface area is 281 Å². The highest BCUT2D eigenvalue weighted by atomic mass is 79.9. The standard InChI is InChI=1S/C31H33BrF3N7O4S/c32-24-16-19(15-23(26(24)36)31(33,34)35)17-25(28(43)40-12-10-39(11-13-40)21-1-6-37-7-2-21)46-30(45)41-8-3-22(4-9-41)42-18-20-5-14-47-27(20)38-29(42)44/h1-2,5-7,14-16,22,25H,3-4,8-13,17-18,36H2,(H,38,44)/t25-/m1/s1. The number of pyridine rings is 1. The molecule has 16 heteroatoms. The van der Waals surface area contributed by atoms with Crippen LogP contribution in [0.4, 0.5) is 39.1 Å². The molecule has 2 aromatic heterocycles. The fourth-order valence-corrected chi connectivity index (χ4v) is 7.51. The van der Waals surface area contributed by atoms with E-state index in [1.54, 1.807) is 22.2 Å². The number of hydrogen-bond acceptors (Lipinski definition) is 8. The quantitative estimate of drug-likeness (QED) is 0.325. The van der Waals surface area contributed by atoms with Crippen LogP contribution in [0.15, 0.2) is 52.6 Å². The van der Waals surface area contributed by atoms with Gasteiger partial charge in [-0.2, -0.15) is 13.2 Å². The molecule has 250 valence electrons. The van der Waals surface area contributed by atoms with Crippen LogP contribution < -0.4 is 16.0 Å². The molecule has 11 nitrogen and oxygen atoms in total. The fourth-order valence-electron chi connectivity index (χ4n) is 6.21. The zero-order valence-electron chi connectivity index (χ0n) is 25.2. The number of alkyl halides is 3. The number of rotatable bonds is 6. The summed E-state index contributed by atoms with van der Waals surface area (Å²) in [5, 5.41) is 5.69. The number of piperidine rings is 1. The van der Waals surface area contributed by atoms with Gasteiger partial charge in [0, 0.05) is 79.8 Å². The van der Waals surface area contributed by atoms with Crippen molar-refractivity contribution in [2.45, 2.75) is 44.1 Å². The van der Waals surface area contributed by atoms with Crippen molar-refractivity contribution in [3.8, 4) is 0 Å². The second kappa shape index (κ2) is 13.6. The topological polar surface area (TPSA) is 124 Å². The molecule has 47 heavy (non-hydrogen) atoms. The van der Waals surface area contributed by atoms with Crippen molar-refractivity contribution >= 4 is 61.7 Å². The molecule has 6 rings (SSSR count). The molecule has 0 radical (unpaired) electrons. The van der Waals surface area contributed by atoms with Crippen LogP contribution in [0.5, 0.6) is 0 Å². The Morgan fingerprint density at radius 3 is 2.45 bits per heavy atom. The van der Waals surface area contributed by atoms with Crippen LogP contribution in [-0.4, -0.2) is 89.1 Å². The highest BCUT2D eigenvalue weighted by Gasteiger charge is 2.38. The number of benzene rings is 1. The number of halogens is 4. The van der Waals surface area contributed by atoms with Crippen LogP contribution in [0.1, 0.15) is 29.5 Å². The fraction of sp³-hybridized carbons (Fsp3) is 0.419. The molecule has 0 aliphatic carbocycles. The number of carbonyl (C=O) groups is 3. The summed E-state index contributed by atoms with van der Waals surface area (Å²) in [6, 6.07) is 7.76. The number of urea groups is 1. The number of hydrogen-bond donors (Lipinski definition) is 2. The van der Waals surface area contributed by atoms with Gasteiger partial charge >= 0.3 is 18.3 Å². The minimum absolute atomic E-state index is 0.0317. The van der Waals surface area contributed by atoms with Crippen LogP contribution in [0, 0.1) is 0 Å². The lowest BCUT2D eigenvalue weighted by Crippen LogP contribution is -2.54. The highest BCUT2D eigenvalue weighted by Crippen LogP contribution is 2.38. The van der Waals surface area contributed by atoms with E-state index in [0.717, 1.165) is 22.3 Å². The number of piperazine rings is 1. The number of fused-ring (bicyclic) bond motifs is 1. The first-order chi connectivity index (χ1) is 22.5. The highest BCUT2D eigenvalue weighted by molar-refractivity contribution is 9.10. The Morgan fingerprint density at radius 1 is 1.06 bits per heavy atom. The van der Waals surface area contributed by atoms with Gasteiger partial charge in [0.05, 0.1) is 17.8 Å². The van der Waals surface area contributed by atoms with Crippen molar-refractivity contribution in [2.24, 2.45) is 0 Å². The van der Waals surface area contributed by atoms with Crippen LogP contribution in [-0.2, 0) is 28.7 Å². The molecule has 0 spiro atoms. The van der Waals surface area contributed by atoms with Crippen molar-refractivity contribution in [1.29, 1.82) is 0 Å². The van der Waals surface area contributed by atoms with E-state index in [2.05, 4.69) is 31.1 Å². The molecule has 2 saturated heterocycles. The summed E-state index contributed by atoms with van der Waals surface area (Å²) in [4.78, 5) is 51.0. The van der Waals surface area contributed by atoms with Gasteiger partial charge in [0.1, 0.15) is 5.00 Å². The van der Waals surface area contributed by atoms with E-state index in [1.807, 2.05) is 23.6 Å². The summed E-state index contributed by atoms with van der Waals surface area (Å²) in [5.74, 6) is -0.485. The number of ether oxygens (including phenoxy) is 1. The first-order valence-corrected chi connectivity index (χ1v) is 16.8. The third-order valence-corrected chi connectivity index (χ3v) is 10.3.